The lowest BCUT2D eigenvalue weighted by Gasteiger charge is -2.17. The normalized spacial score (nSPS) is 13.9. The highest BCUT2D eigenvalue weighted by atomic mass is 35.5. The van der Waals surface area contributed by atoms with Crippen molar-refractivity contribution in [2.24, 2.45) is 0 Å². The summed E-state index contributed by atoms with van der Waals surface area (Å²) in [6.07, 6.45) is -4.68. The van der Waals surface area contributed by atoms with Crippen LogP contribution < -0.4 is 15.5 Å². The minimum absolute atomic E-state index is 0.0904. The van der Waals surface area contributed by atoms with Crippen LogP contribution in [0.25, 0.3) is 0 Å². The minimum atomic E-state index is -4.68. The Hall–Kier alpha value is -3.53. The Morgan fingerprint density at radius 2 is 1.51 bits per heavy atom. The Morgan fingerprint density at radius 1 is 0.865 bits per heavy atom. The van der Waals surface area contributed by atoms with E-state index in [1.165, 1.54) is 36.4 Å². The summed E-state index contributed by atoms with van der Waals surface area (Å²) in [6.45, 7) is 1.71. The van der Waals surface area contributed by atoms with Crippen LogP contribution in [0.3, 0.4) is 0 Å². The fraction of sp³-hybridized carbons (Fsp3) is 0.0800. The van der Waals surface area contributed by atoms with Gasteiger partial charge in [0.25, 0.3) is 17.7 Å². The first-order valence-corrected chi connectivity index (χ1v) is 11.6. The molecule has 0 unspecified atom stereocenters. The fourth-order valence-corrected chi connectivity index (χ4v) is 4.13. The predicted octanol–water partition coefficient (Wildman–Crippen LogP) is 7.01. The molecule has 1 heterocycles. The molecule has 1 aliphatic rings. The number of anilines is 3. The summed E-state index contributed by atoms with van der Waals surface area (Å²) in [4.78, 5) is 39.1. The number of amides is 3. The van der Waals surface area contributed by atoms with Gasteiger partial charge in [-0.2, -0.15) is 13.2 Å². The quantitative estimate of drug-likeness (QED) is 0.325. The lowest BCUT2D eigenvalue weighted by atomic mass is 10.1. The Labute approximate surface area is 223 Å². The van der Waals surface area contributed by atoms with Crippen molar-refractivity contribution in [3.05, 3.63) is 98.1 Å². The molecule has 3 aromatic carbocycles. The van der Waals surface area contributed by atoms with Crippen molar-refractivity contribution in [2.75, 3.05) is 15.5 Å². The summed E-state index contributed by atoms with van der Waals surface area (Å²) in [5.41, 5.74) is 0.0574. The van der Waals surface area contributed by atoms with Crippen LogP contribution in [0, 0.1) is 6.92 Å². The van der Waals surface area contributed by atoms with Gasteiger partial charge < -0.3 is 10.6 Å². The van der Waals surface area contributed by atoms with E-state index >= 15 is 0 Å². The number of benzene rings is 3. The third-order valence-electron chi connectivity index (χ3n) is 5.39. The van der Waals surface area contributed by atoms with Gasteiger partial charge in [-0.25, -0.2) is 4.90 Å². The molecule has 37 heavy (non-hydrogen) atoms. The van der Waals surface area contributed by atoms with Crippen molar-refractivity contribution in [1.82, 2.24) is 0 Å². The lowest BCUT2D eigenvalue weighted by Crippen LogP contribution is -2.32. The molecule has 2 N–H and O–H groups in total. The van der Waals surface area contributed by atoms with E-state index in [0.29, 0.717) is 22.0 Å². The maximum Gasteiger partial charge on any atom is 0.417 e. The number of carbonyl (C=O) groups excluding carboxylic acids is 3. The van der Waals surface area contributed by atoms with Crippen molar-refractivity contribution in [3.8, 4) is 0 Å². The molecule has 3 amide bonds. The fourth-order valence-electron chi connectivity index (χ4n) is 3.53. The van der Waals surface area contributed by atoms with Gasteiger partial charge in [-0.3, -0.25) is 14.4 Å². The molecule has 0 aromatic heterocycles. The molecule has 0 saturated heterocycles. The summed E-state index contributed by atoms with van der Waals surface area (Å²) in [5.74, 6) is -2.09. The molecule has 0 bridgehead atoms. The molecule has 12 heteroatoms. The summed E-state index contributed by atoms with van der Waals surface area (Å²) < 4.78 is 39.2. The van der Waals surface area contributed by atoms with E-state index in [1.54, 1.807) is 19.1 Å². The molecule has 190 valence electrons. The Balaban J connectivity index is 1.49. The zero-order valence-corrected chi connectivity index (χ0v) is 21.0. The largest absolute Gasteiger partial charge is 0.417 e. The van der Waals surface area contributed by atoms with E-state index in [4.69, 9.17) is 34.8 Å². The molecule has 0 saturated carbocycles. The summed E-state index contributed by atoms with van der Waals surface area (Å²) >= 11 is 17.8. The number of rotatable bonds is 5. The molecule has 0 spiro atoms. The average molecular weight is 569 g/mol. The van der Waals surface area contributed by atoms with Crippen LogP contribution in [0.15, 0.2) is 71.4 Å². The van der Waals surface area contributed by atoms with Crippen LogP contribution in [-0.2, 0) is 15.8 Å². The summed E-state index contributed by atoms with van der Waals surface area (Å²) in [5, 5.41) is 4.68. The van der Waals surface area contributed by atoms with Crippen molar-refractivity contribution in [3.63, 3.8) is 0 Å². The van der Waals surface area contributed by atoms with Crippen LogP contribution in [0.2, 0.25) is 10.0 Å². The topological polar surface area (TPSA) is 78.5 Å². The van der Waals surface area contributed by atoms with Gasteiger partial charge in [-0.15, -0.1) is 0 Å². The van der Waals surface area contributed by atoms with Crippen LogP contribution in [-0.4, -0.2) is 17.7 Å². The summed E-state index contributed by atoms with van der Waals surface area (Å²) in [7, 11) is 0. The predicted molar refractivity (Wildman–Crippen MR) is 136 cm³/mol. The lowest BCUT2D eigenvalue weighted by molar-refractivity contribution is -0.137. The van der Waals surface area contributed by atoms with Crippen LogP contribution in [0.5, 0.6) is 0 Å². The van der Waals surface area contributed by atoms with Gasteiger partial charge in [0.15, 0.2) is 0 Å². The van der Waals surface area contributed by atoms with Crippen molar-refractivity contribution < 1.29 is 27.6 Å². The molecule has 0 atom stereocenters. The average Bonchev–Trinajstić information content (AvgIpc) is 3.04. The number of halogens is 6. The van der Waals surface area contributed by atoms with Gasteiger partial charge in [-0.05, 0) is 67.1 Å². The number of alkyl halides is 3. The highest BCUT2D eigenvalue weighted by molar-refractivity contribution is 6.53. The number of nitrogens with zero attached hydrogens (tertiary/aromatic N) is 1. The number of nitrogens with one attached hydrogen (secondary N) is 2. The van der Waals surface area contributed by atoms with Gasteiger partial charge in [-0.1, -0.05) is 40.9 Å². The van der Waals surface area contributed by atoms with Crippen molar-refractivity contribution in [1.29, 1.82) is 0 Å². The van der Waals surface area contributed by atoms with Gasteiger partial charge in [0.05, 0.1) is 16.3 Å². The molecule has 1 aliphatic heterocycles. The Morgan fingerprint density at radius 3 is 2.16 bits per heavy atom. The SMILES string of the molecule is Cc1ccc(Cl)cc1N1C(=O)C(Cl)=C(Nc2ccc(C(=O)Nc3ccc(Cl)c(C(F)(F)F)c3)cc2)C1=O. The standard InChI is InChI=1S/C25H15Cl3F3N3O3/c1-12-2-5-14(26)10-19(12)34-23(36)20(28)21(24(34)37)32-15-6-3-13(4-7-15)22(35)33-16-8-9-18(27)17(11-16)25(29,30)31/h2-11,32H,1H3,(H,33,35). The van der Waals surface area contributed by atoms with Crippen molar-refractivity contribution in [2.45, 2.75) is 13.1 Å². The number of aryl methyl sites for hydroxylation is 1. The van der Waals surface area contributed by atoms with Gasteiger partial charge in [0.2, 0.25) is 0 Å². The first-order valence-electron chi connectivity index (χ1n) is 10.5. The van der Waals surface area contributed by atoms with Crippen LogP contribution in [0.1, 0.15) is 21.5 Å². The zero-order valence-electron chi connectivity index (χ0n) is 18.7. The van der Waals surface area contributed by atoms with E-state index in [0.717, 1.165) is 17.0 Å². The maximum absolute atomic E-state index is 13.1. The smallest absolute Gasteiger partial charge is 0.350 e. The van der Waals surface area contributed by atoms with Gasteiger partial charge in [0, 0.05) is 22.0 Å². The van der Waals surface area contributed by atoms with Gasteiger partial charge >= 0.3 is 6.18 Å². The van der Waals surface area contributed by atoms with E-state index in [2.05, 4.69) is 10.6 Å². The Bertz CT molecular complexity index is 1470. The van der Waals surface area contributed by atoms with Crippen LogP contribution in [0.4, 0.5) is 30.2 Å². The number of carbonyl (C=O) groups is 3. The first kappa shape index (κ1) is 26.5. The summed E-state index contributed by atoms with van der Waals surface area (Å²) in [6, 6.07) is 13.4. The molecule has 3 aromatic rings. The molecule has 4 rings (SSSR count). The monoisotopic (exact) mass is 567 g/mol. The minimum Gasteiger partial charge on any atom is -0.350 e. The molecule has 0 aliphatic carbocycles. The second-order valence-electron chi connectivity index (χ2n) is 7.91. The van der Waals surface area contributed by atoms with Crippen LogP contribution >= 0.6 is 34.8 Å². The molecular formula is C25H15Cl3F3N3O3. The number of imide groups is 1. The molecule has 0 fully saturated rings. The van der Waals surface area contributed by atoms with Gasteiger partial charge in [0.1, 0.15) is 10.7 Å². The van der Waals surface area contributed by atoms with E-state index in [1.807, 2.05) is 0 Å². The first-order chi connectivity index (χ1) is 17.4. The highest BCUT2D eigenvalue weighted by Crippen LogP contribution is 2.36. The third-order valence-corrected chi connectivity index (χ3v) is 6.30. The van der Waals surface area contributed by atoms with E-state index in [-0.39, 0.29) is 22.0 Å². The zero-order chi connectivity index (χ0) is 27.1. The highest BCUT2D eigenvalue weighted by Gasteiger charge is 2.39. The number of hydrogen-bond acceptors (Lipinski definition) is 4. The maximum atomic E-state index is 13.1. The van der Waals surface area contributed by atoms with E-state index < -0.39 is 34.5 Å². The third kappa shape index (κ3) is 5.44. The Kier molecular flexibility index (Phi) is 7.23. The second kappa shape index (κ2) is 10.1. The number of hydrogen-bond donors (Lipinski definition) is 2. The second-order valence-corrected chi connectivity index (χ2v) is 9.14. The van der Waals surface area contributed by atoms with Crippen molar-refractivity contribution >= 4 is 69.6 Å². The molecular weight excluding hydrogens is 554 g/mol. The molecule has 6 nitrogen and oxygen atoms in total. The van der Waals surface area contributed by atoms with E-state index in [9.17, 15) is 27.6 Å². The molecule has 0 radical (unpaired) electrons.